The Morgan fingerprint density at radius 3 is 2.72 bits per heavy atom. The van der Waals surface area contributed by atoms with Crippen LogP contribution in [0.1, 0.15) is 53.4 Å². The summed E-state index contributed by atoms with van der Waals surface area (Å²) in [5, 5.41) is 16.9. The van der Waals surface area contributed by atoms with Crippen LogP contribution in [0.2, 0.25) is 0 Å². The van der Waals surface area contributed by atoms with E-state index >= 15 is 0 Å². The van der Waals surface area contributed by atoms with Crippen LogP contribution < -0.4 is 10.6 Å². The number of halogens is 1. The van der Waals surface area contributed by atoms with Gasteiger partial charge in [0.05, 0.1) is 17.5 Å². The van der Waals surface area contributed by atoms with Gasteiger partial charge in [-0.2, -0.15) is 0 Å². The van der Waals surface area contributed by atoms with Gasteiger partial charge in [0.1, 0.15) is 17.9 Å². The maximum absolute atomic E-state index is 14.2. The number of nitrogens with one attached hydrogen (secondary N) is 2. The number of nitrogens with zero attached hydrogens (tertiary/aromatic N) is 2. The quantitative estimate of drug-likeness (QED) is 0.316. The van der Waals surface area contributed by atoms with Crippen LogP contribution in [0.5, 0.6) is 0 Å². The lowest BCUT2D eigenvalue weighted by Crippen LogP contribution is -2.45. The Bertz CT molecular complexity index is 1470. The van der Waals surface area contributed by atoms with Crippen LogP contribution >= 0.6 is 0 Å². The number of fused-ring (bicyclic) bond motifs is 3. The third-order valence-electron chi connectivity index (χ3n) is 7.46. The molecule has 5 rings (SSSR count). The third kappa shape index (κ3) is 4.90. The lowest BCUT2D eigenvalue weighted by atomic mass is 9.79. The van der Waals surface area contributed by atoms with Gasteiger partial charge in [0.15, 0.2) is 6.29 Å². The number of aldehydes is 1. The van der Waals surface area contributed by atoms with Crippen LogP contribution in [0.15, 0.2) is 54.7 Å². The summed E-state index contributed by atoms with van der Waals surface area (Å²) in [4.78, 5) is 43.4. The molecule has 8 nitrogen and oxygen atoms in total. The Hall–Kier alpha value is -4.11. The molecular formula is C30H31FN4O4. The van der Waals surface area contributed by atoms with Crippen molar-refractivity contribution in [2.24, 2.45) is 5.41 Å². The molecule has 9 heteroatoms. The van der Waals surface area contributed by atoms with Crippen molar-refractivity contribution in [3.63, 3.8) is 0 Å². The molecule has 0 fully saturated rings. The number of amides is 2. The lowest BCUT2D eigenvalue weighted by Gasteiger charge is -2.32. The number of aliphatic hydroxyl groups is 1. The van der Waals surface area contributed by atoms with Gasteiger partial charge in [0.2, 0.25) is 11.8 Å². The molecule has 1 spiro atoms. The van der Waals surface area contributed by atoms with Crippen LogP contribution in [0.25, 0.3) is 0 Å². The number of hydrogen-bond acceptors (Lipinski definition) is 6. The molecule has 2 heterocycles. The molecule has 1 aliphatic carbocycles. The molecular weight excluding hydrogens is 499 g/mol. The normalized spacial score (nSPS) is 18.3. The highest BCUT2D eigenvalue weighted by molar-refractivity contribution is 6.06. The molecule has 2 aliphatic rings. The molecule has 2 unspecified atom stereocenters. The highest BCUT2D eigenvalue weighted by atomic mass is 19.1. The molecule has 0 bridgehead atoms. The smallest absolute Gasteiger partial charge is 0.237 e. The molecule has 2 atom stereocenters. The number of pyridine rings is 1. The Morgan fingerprint density at radius 1 is 1.21 bits per heavy atom. The van der Waals surface area contributed by atoms with E-state index in [0.717, 1.165) is 16.7 Å². The fraction of sp³-hybridized carbons (Fsp3) is 0.333. The van der Waals surface area contributed by atoms with Crippen LogP contribution in [-0.2, 0) is 34.4 Å². The number of carbonyl (C=O) groups is 3. The second kappa shape index (κ2) is 9.89. The molecule has 2 amide bonds. The third-order valence-corrected chi connectivity index (χ3v) is 7.46. The van der Waals surface area contributed by atoms with E-state index in [-0.39, 0.29) is 30.5 Å². The Labute approximate surface area is 226 Å². The van der Waals surface area contributed by atoms with Crippen molar-refractivity contribution in [2.75, 3.05) is 17.2 Å². The van der Waals surface area contributed by atoms with E-state index in [2.05, 4.69) is 15.6 Å². The number of rotatable bonds is 7. The standard InChI is InChI=1S/C30H31FN4O4/c1-29(2,3)28(39)35(15-19-6-4-8-24(31)22(19)17-36)16-25(37)33-21-10-9-18-13-30(14-20(18)12-21)23-7-5-11-32-26(23)34-27(30)38/h4-12,17,25,33,37H,13-16H2,1-3H3,(H,32,34,38). The summed E-state index contributed by atoms with van der Waals surface area (Å²) in [6.45, 7) is 5.16. The first-order valence-electron chi connectivity index (χ1n) is 12.9. The summed E-state index contributed by atoms with van der Waals surface area (Å²) in [6, 6.07) is 13.8. The van der Waals surface area contributed by atoms with E-state index in [9.17, 15) is 23.9 Å². The predicted molar refractivity (Wildman–Crippen MR) is 145 cm³/mol. The minimum atomic E-state index is -1.14. The van der Waals surface area contributed by atoms with E-state index in [1.165, 1.54) is 17.0 Å². The van der Waals surface area contributed by atoms with Crippen LogP contribution in [0.4, 0.5) is 15.9 Å². The molecule has 2 aromatic carbocycles. The summed E-state index contributed by atoms with van der Waals surface area (Å²) < 4.78 is 14.2. The van der Waals surface area contributed by atoms with Crippen molar-refractivity contribution in [1.82, 2.24) is 9.88 Å². The number of anilines is 2. The largest absolute Gasteiger partial charge is 0.372 e. The van der Waals surface area contributed by atoms with Crippen molar-refractivity contribution in [3.8, 4) is 0 Å². The zero-order valence-electron chi connectivity index (χ0n) is 22.1. The topological polar surface area (TPSA) is 112 Å². The Morgan fingerprint density at radius 2 is 1.97 bits per heavy atom. The molecule has 0 saturated carbocycles. The summed E-state index contributed by atoms with van der Waals surface area (Å²) >= 11 is 0. The maximum atomic E-state index is 14.2. The van der Waals surface area contributed by atoms with Gasteiger partial charge >= 0.3 is 0 Å². The fourth-order valence-corrected chi connectivity index (χ4v) is 5.55. The average Bonchev–Trinajstić information content (AvgIpc) is 3.39. The number of aliphatic hydroxyl groups excluding tert-OH is 1. The lowest BCUT2D eigenvalue weighted by molar-refractivity contribution is -0.141. The number of aromatic nitrogens is 1. The van der Waals surface area contributed by atoms with Gasteiger partial charge in [-0.1, -0.05) is 45.0 Å². The molecule has 1 aliphatic heterocycles. The van der Waals surface area contributed by atoms with Crippen LogP contribution in [-0.4, -0.2) is 45.9 Å². The number of benzene rings is 2. The number of carbonyl (C=O) groups excluding carboxylic acids is 3. The Kier molecular flexibility index (Phi) is 6.72. The highest BCUT2D eigenvalue weighted by Crippen LogP contribution is 2.47. The molecule has 0 radical (unpaired) electrons. The summed E-state index contributed by atoms with van der Waals surface area (Å²) in [6.07, 6.45) is 2.04. The van der Waals surface area contributed by atoms with Crippen molar-refractivity contribution >= 4 is 29.6 Å². The SMILES string of the molecule is CC(C)(C)C(=O)N(Cc1cccc(F)c1C=O)CC(O)Nc1ccc2c(c1)CC1(C2)C(=O)Nc2ncccc21. The van der Waals surface area contributed by atoms with E-state index in [1.54, 1.807) is 33.0 Å². The fourth-order valence-electron chi connectivity index (χ4n) is 5.55. The van der Waals surface area contributed by atoms with Crippen molar-refractivity contribution in [2.45, 2.75) is 51.8 Å². The van der Waals surface area contributed by atoms with Crippen LogP contribution in [0.3, 0.4) is 0 Å². The molecule has 39 heavy (non-hydrogen) atoms. The molecule has 0 saturated heterocycles. The minimum Gasteiger partial charge on any atom is -0.372 e. The zero-order chi connectivity index (χ0) is 27.9. The average molecular weight is 531 g/mol. The highest BCUT2D eigenvalue weighted by Gasteiger charge is 2.51. The number of hydrogen-bond donors (Lipinski definition) is 3. The zero-order valence-corrected chi connectivity index (χ0v) is 22.1. The predicted octanol–water partition coefficient (Wildman–Crippen LogP) is 3.83. The monoisotopic (exact) mass is 530 g/mol. The van der Waals surface area contributed by atoms with E-state index in [4.69, 9.17) is 0 Å². The van der Waals surface area contributed by atoms with Crippen molar-refractivity contribution in [3.05, 3.63) is 88.4 Å². The van der Waals surface area contributed by atoms with Gasteiger partial charge in [-0.05, 0) is 53.8 Å². The maximum Gasteiger partial charge on any atom is 0.237 e. The van der Waals surface area contributed by atoms with E-state index in [0.29, 0.717) is 36.2 Å². The molecule has 3 aromatic rings. The van der Waals surface area contributed by atoms with Gasteiger partial charge in [-0.25, -0.2) is 9.37 Å². The van der Waals surface area contributed by atoms with Gasteiger partial charge in [0.25, 0.3) is 0 Å². The van der Waals surface area contributed by atoms with Gasteiger partial charge in [-0.15, -0.1) is 0 Å². The van der Waals surface area contributed by atoms with Crippen molar-refractivity contribution in [1.29, 1.82) is 0 Å². The first kappa shape index (κ1) is 26.5. The van der Waals surface area contributed by atoms with Gasteiger partial charge < -0.3 is 20.6 Å². The van der Waals surface area contributed by atoms with Crippen LogP contribution in [0, 0.1) is 11.2 Å². The first-order valence-corrected chi connectivity index (χ1v) is 12.9. The van der Waals surface area contributed by atoms with Crippen molar-refractivity contribution < 1.29 is 23.9 Å². The first-order chi connectivity index (χ1) is 18.5. The summed E-state index contributed by atoms with van der Waals surface area (Å²) in [5.74, 6) is -0.372. The van der Waals surface area contributed by atoms with E-state index < -0.39 is 22.9 Å². The second-order valence-corrected chi connectivity index (χ2v) is 11.3. The van der Waals surface area contributed by atoms with E-state index in [1.807, 2.05) is 30.3 Å². The summed E-state index contributed by atoms with van der Waals surface area (Å²) in [5.41, 5.74) is 2.39. The molecule has 1 aromatic heterocycles. The Balaban J connectivity index is 1.34. The minimum absolute atomic E-state index is 0.0318. The second-order valence-electron chi connectivity index (χ2n) is 11.3. The molecule has 3 N–H and O–H groups in total. The van der Waals surface area contributed by atoms with Gasteiger partial charge in [0, 0.05) is 29.4 Å². The summed E-state index contributed by atoms with van der Waals surface area (Å²) in [7, 11) is 0. The van der Waals surface area contributed by atoms with Gasteiger partial charge in [-0.3, -0.25) is 14.4 Å². The molecule has 202 valence electrons.